The molecule has 0 aliphatic rings. The van der Waals surface area contributed by atoms with Gasteiger partial charge in [-0.05, 0) is 5.56 Å². The molecule has 2 amide bonds. The molecule has 0 fully saturated rings. The van der Waals surface area contributed by atoms with Crippen molar-refractivity contribution in [2.45, 2.75) is 11.8 Å². The van der Waals surface area contributed by atoms with Gasteiger partial charge in [0.15, 0.2) is 5.82 Å². The molecule has 7 nitrogen and oxygen atoms in total. The maximum atomic E-state index is 13.2. The number of rotatable bonds is 4. The highest BCUT2D eigenvalue weighted by Crippen LogP contribution is 2.38. The van der Waals surface area contributed by atoms with Gasteiger partial charge in [-0.1, -0.05) is 35.5 Å². The predicted octanol–water partition coefficient (Wildman–Crippen LogP) is 1.18. The summed E-state index contributed by atoms with van der Waals surface area (Å²) in [7, 11) is 0. The van der Waals surface area contributed by atoms with E-state index in [0.717, 1.165) is 18.4 Å². The minimum absolute atomic E-state index is 0.0794. The van der Waals surface area contributed by atoms with Crippen LogP contribution in [0.1, 0.15) is 5.56 Å². The number of hydrogen-bond acceptors (Lipinski definition) is 5. The quantitative estimate of drug-likeness (QED) is 0.723. The number of alkyl halides is 3. The van der Waals surface area contributed by atoms with Crippen molar-refractivity contribution in [3.8, 4) is 0 Å². The van der Waals surface area contributed by atoms with Crippen LogP contribution in [0.15, 0.2) is 47.2 Å². The second-order valence-corrected chi connectivity index (χ2v) is 4.75. The van der Waals surface area contributed by atoms with Gasteiger partial charge < -0.3 is 14.9 Å². The molecule has 1 heterocycles. The Hall–Kier alpha value is -2.88. The second kappa shape index (κ2) is 6.71. The van der Waals surface area contributed by atoms with Gasteiger partial charge in [0.2, 0.25) is 5.60 Å². The van der Waals surface area contributed by atoms with Crippen LogP contribution in [0.3, 0.4) is 0 Å². The number of nitrogens with zero attached hydrogens (tertiary/aromatic N) is 1. The Bertz CT molecular complexity index is 704. The van der Waals surface area contributed by atoms with E-state index in [4.69, 9.17) is 0 Å². The Kier molecular flexibility index (Phi) is 4.88. The number of benzene rings is 1. The van der Waals surface area contributed by atoms with E-state index in [2.05, 4.69) is 9.68 Å². The summed E-state index contributed by atoms with van der Waals surface area (Å²) in [6.07, 6.45) is -3.93. The summed E-state index contributed by atoms with van der Waals surface area (Å²) in [5, 5.41) is 17.1. The normalized spacial score (nSPS) is 13.8. The molecule has 0 saturated carbocycles. The summed E-state index contributed by atoms with van der Waals surface area (Å²) in [6.45, 7) is -1.23. The average Bonchev–Trinajstić information content (AvgIpc) is 3.04. The van der Waals surface area contributed by atoms with E-state index in [1.807, 2.05) is 5.32 Å². The van der Waals surface area contributed by atoms with Crippen LogP contribution in [0.5, 0.6) is 0 Å². The second-order valence-electron chi connectivity index (χ2n) is 4.75. The highest BCUT2D eigenvalue weighted by Gasteiger charge is 2.55. The summed E-state index contributed by atoms with van der Waals surface area (Å²) in [5.74, 6) is -2.69. The zero-order valence-corrected chi connectivity index (χ0v) is 12.0. The van der Waals surface area contributed by atoms with E-state index in [9.17, 15) is 27.9 Å². The monoisotopic (exact) mass is 343 g/mol. The van der Waals surface area contributed by atoms with Gasteiger partial charge in [0.05, 0.1) is 6.54 Å². The molecule has 0 spiro atoms. The average molecular weight is 343 g/mol. The molecule has 1 aromatic carbocycles. The first kappa shape index (κ1) is 17.5. The lowest BCUT2D eigenvalue weighted by molar-refractivity contribution is -0.264. The Labute approximate surface area is 133 Å². The van der Waals surface area contributed by atoms with Gasteiger partial charge in [-0.25, -0.2) is 0 Å². The van der Waals surface area contributed by atoms with E-state index in [0.29, 0.717) is 0 Å². The lowest BCUT2D eigenvalue weighted by Crippen LogP contribution is -2.52. The molecular weight excluding hydrogens is 331 g/mol. The maximum absolute atomic E-state index is 13.2. The minimum atomic E-state index is -5.07. The summed E-state index contributed by atoms with van der Waals surface area (Å²) in [6, 6.07) is 7.46. The van der Waals surface area contributed by atoms with E-state index < -0.39 is 35.7 Å². The third-order valence-electron chi connectivity index (χ3n) is 3.11. The Morgan fingerprint density at radius 3 is 2.33 bits per heavy atom. The molecule has 2 rings (SSSR count). The Morgan fingerprint density at radius 2 is 1.79 bits per heavy atom. The summed E-state index contributed by atoms with van der Waals surface area (Å²) >= 11 is 0. The van der Waals surface area contributed by atoms with Crippen LogP contribution in [0.2, 0.25) is 0 Å². The lowest BCUT2D eigenvalue weighted by Gasteiger charge is -2.31. The molecule has 3 N–H and O–H groups in total. The zero-order valence-electron chi connectivity index (χ0n) is 12.0. The van der Waals surface area contributed by atoms with Crippen molar-refractivity contribution >= 4 is 17.6 Å². The van der Waals surface area contributed by atoms with E-state index in [1.54, 1.807) is 5.32 Å². The van der Waals surface area contributed by atoms with Gasteiger partial charge in [-0.15, -0.1) is 0 Å². The van der Waals surface area contributed by atoms with Crippen molar-refractivity contribution < 1.29 is 32.4 Å². The largest absolute Gasteiger partial charge is 0.423 e. The minimum Gasteiger partial charge on any atom is -0.375 e. The lowest BCUT2D eigenvalue weighted by atomic mass is 9.93. The van der Waals surface area contributed by atoms with Crippen LogP contribution in [0.25, 0.3) is 0 Å². The van der Waals surface area contributed by atoms with Crippen molar-refractivity contribution in [3.05, 3.63) is 48.2 Å². The fourth-order valence-electron chi connectivity index (χ4n) is 1.82. The Morgan fingerprint density at radius 1 is 1.12 bits per heavy atom. The number of anilines is 1. The van der Waals surface area contributed by atoms with Gasteiger partial charge in [-0.2, -0.15) is 13.2 Å². The van der Waals surface area contributed by atoms with Gasteiger partial charge >= 0.3 is 18.0 Å². The number of carbonyl (C=O) groups excluding carboxylic acids is 2. The van der Waals surface area contributed by atoms with Gasteiger partial charge in [-0.3, -0.25) is 14.9 Å². The SMILES string of the molecule is O=C(NC[C@@](O)(c1ccccc1)C(F)(F)F)C(=O)Nc1ccon1. The van der Waals surface area contributed by atoms with Gasteiger partial charge in [0, 0.05) is 6.07 Å². The van der Waals surface area contributed by atoms with Crippen LogP contribution < -0.4 is 10.6 Å². The number of carbonyl (C=O) groups is 2. The summed E-state index contributed by atoms with van der Waals surface area (Å²) < 4.78 is 44.1. The summed E-state index contributed by atoms with van der Waals surface area (Å²) in [5.41, 5.74) is -3.80. The van der Waals surface area contributed by atoms with Gasteiger partial charge in [0.1, 0.15) is 6.26 Å². The van der Waals surface area contributed by atoms with Crippen molar-refractivity contribution in [2.75, 3.05) is 11.9 Å². The number of nitrogens with one attached hydrogen (secondary N) is 2. The number of hydrogen-bond donors (Lipinski definition) is 3. The number of aromatic nitrogens is 1. The van der Waals surface area contributed by atoms with Crippen molar-refractivity contribution in [1.82, 2.24) is 10.5 Å². The number of halogens is 3. The molecule has 0 unspecified atom stereocenters. The van der Waals surface area contributed by atoms with Crippen LogP contribution in [-0.2, 0) is 15.2 Å². The van der Waals surface area contributed by atoms with Crippen LogP contribution in [0.4, 0.5) is 19.0 Å². The first-order chi connectivity index (χ1) is 11.2. The van der Waals surface area contributed by atoms with E-state index in [1.165, 1.54) is 24.3 Å². The molecule has 1 aromatic heterocycles. The number of aliphatic hydroxyl groups is 1. The topological polar surface area (TPSA) is 104 Å². The van der Waals surface area contributed by atoms with Crippen LogP contribution in [0, 0.1) is 0 Å². The molecule has 0 saturated heterocycles. The highest BCUT2D eigenvalue weighted by atomic mass is 19.4. The molecule has 2 aromatic rings. The fourth-order valence-corrected chi connectivity index (χ4v) is 1.82. The molecule has 24 heavy (non-hydrogen) atoms. The van der Waals surface area contributed by atoms with E-state index in [-0.39, 0.29) is 5.82 Å². The maximum Gasteiger partial charge on any atom is 0.423 e. The van der Waals surface area contributed by atoms with Crippen molar-refractivity contribution in [2.24, 2.45) is 0 Å². The standard InChI is InChI=1S/C14H12F3N3O4/c15-14(16,17)13(23,9-4-2-1-3-5-9)8-18-11(21)12(22)19-10-6-7-24-20-10/h1-7,23H,8H2,(H,18,21)(H,19,20,22)/t13-/m1/s1. The first-order valence-corrected chi connectivity index (χ1v) is 6.58. The first-order valence-electron chi connectivity index (χ1n) is 6.58. The highest BCUT2D eigenvalue weighted by molar-refractivity contribution is 6.39. The molecule has 0 radical (unpaired) electrons. The molecule has 1 atom stereocenters. The van der Waals surface area contributed by atoms with Crippen molar-refractivity contribution in [3.63, 3.8) is 0 Å². The smallest absolute Gasteiger partial charge is 0.375 e. The molecule has 0 aliphatic carbocycles. The third kappa shape index (κ3) is 3.71. The molecule has 10 heteroatoms. The van der Waals surface area contributed by atoms with Crippen LogP contribution in [-0.4, -0.2) is 34.8 Å². The zero-order chi connectivity index (χ0) is 17.8. The van der Waals surface area contributed by atoms with Gasteiger partial charge in [0.25, 0.3) is 0 Å². The van der Waals surface area contributed by atoms with E-state index >= 15 is 0 Å². The molecular formula is C14H12F3N3O4. The predicted molar refractivity (Wildman–Crippen MR) is 74.5 cm³/mol. The molecule has 0 aliphatic heterocycles. The molecule has 0 bridgehead atoms. The fraction of sp³-hybridized carbons (Fsp3) is 0.214. The van der Waals surface area contributed by atoms with Crippen molar-refractivity contribution in [1.29, 1.82) is 0 Å². The third-order valence-corrected chi connectivity index (χ3v) is 3.11. The molecule has 128 valence electrons. The van der Waals surface area contributed by atoms with Crippen LogP contribution >= 0.6 is 0 Å². The Balaban J connectivity index is 2.08. The summed E-state index contributed by atoms with van der Waals surface area (Å²) in [4.78, 5) is 23.2. The number of amides is 2.